The molecule has 1 aromatic heterocycles. The number of aryl methyl sites for hydroxylation is 3. The van der Waals surface area contributed by atoms with E-state index in [0.717, 1.165) is 35.6 Å². The molecule has 1 aliphatic rings. The van der Waals surface area contributed by atoms with E-state index in [0.29, 0.717) is 18.9 Å². The topological polar surface area (TPSA) is 38.1 Å². The molecule has 0 unspecified atom stereocenters. The summed E-state index contributed by atoms with van der Waals surface area (Å²) in [6.45, 7) is 10.3. The zero-order valence-corrected chi connectivity index (χ0v) is 17.3. The van der Waals surface area contributed by atoms with Crippen LogP contribution in [0.25, 0.3) is 11.0 Å². The lowest BCUT2D eigenvalue weighted by Crippen LogP contribution is -2.25. The normalized spacial score (nSPS) is 17.2. The van der Waals surface area contributed by atoms with Gasteiger partial charge in [0.1, 0.15) is 5.82 Å². The average Bonchev–Trinajstić information content (AvgIpc) is 3.22. The number of imidazole rings is 1. The number of carbonyl (C=O) groups is 1. The van der Waals surface area contributed by atoms with Crippen molar-refractivity contribution in [1.29, 1.82) is 0 Å². The van der Waals surface area contributed by atoms with E-state index in [1.54, 1.807) is 0 Å². The summed E-state index contributed by atoms with van der Waals surface area (Å²) in [5, 5.41) is 0. The summed E-state index contributed by atoms with van der Waals surface area (Å²) in [5.41, 5.74) is 5.57. The lowest BCUT2D eigenvalue weighted by Gasteiger charge is -2.20. The van der Waals surface area contributed by atoms with E-state index in [2.05, 4.69) is 68.7 Å². The van der Waals surface area contributed by atoms with E-state index in [4.69, 9.17) is 4.98 Å². The maximum atomic E-state index is 12.9. The molecule has 1 amide bonds. The van der Waals surface area contributed by atoms with Crippen LogP contribution in [0.5, 0.6) is 0 Å². The second-order valence-corrected chi connectivity index (χ2v) is 8.49. The Labute approximate surface area is 167 Å². The number of anilines is 1. The van der Waals surface area contributed by atoms with Crippen LogP contribution in [-0.2, 0) is 11.3 Å². The van der Waals surface area contributed by atoms with Crippen molar-refractivity contribution < 1.29 is 4.79 Å². The van der Waals surface area contributed by atoms with Gasteiger partial charge in [0, 0.05) is 31.1 Å². The highest BCUT2D eigenvalue weighted by molar-refractivity contribution is 5.97. The summed E-state index contributed by atoms with van der Waals surface area (Å²) in [6, 6.07) is 14.6. The molecule has 0 spiro atoms. The van der Waals surface area contributed by atoms with Gasteiger partial charge in [-0.1, -0.05) is 38.1 Å². The highest BCUT2D eigenvalue weighted by Gasteiger charge is 2.35. The number of fused-ring (bicyclic) bond motifs is 1. The van der Waals surface area contributed by atoms with Gasteiger partial charge in [-0.05, 0) is 55.5 Å². The molecule has 146 valence electrons. The number of amides is 1. The first-order chi connectivity index (χ1) is 13.4. The van der Waals surface area contributed by atoms with Gasteiger partial charge in [0.15, 0.2) is 0 Å². The minimum absolute atomic E-state index is 0.131. The quantitative estimate of drug-likeness (QED) is 0.613. The lowest BCUT2D eigenvalue weighted by molar-refractivity contribution is -0.117. The Morgan fingerprint density at radius 2 is 1.93 bits per heavy atom. The molecule has 0 radical (unpaired) electrons. The molecule has 2 heterocycles. The third-order valence-electron chi connectivity index (χ3n) is 5.76. The Balaban J connectivity index is 1.70. The maximum absolute atomic E-state index is 12.9. The average molecular weight is 376 g/mol. The Hall–Kier alpha value is -2.62. The van der Waals surface area contributed by atoms with Crippen LogP contribution in [0.15, 0.2) is 42.5 Å². The third kappa shape index (κ3) is 3.44. The van der Waals surface area contributed by atoms with Gasteiger partial charge < -0.3 is 9.47 Å². The highest BCUT2D eigenvalue weighted by atomic mass is 16.2. The standard InChI is InChI=1S/C24H29N3O/c1-16(2)11-12-26-21-8-6-5-7-20(21)25-24(26)19-14-23(28)27(15-19)22-13-17(3)9-10-18(22)4/h5-10,13,16,19H,11-12,14-15H2,1-4H3/t19-/m0/s1. The predicted molar refractivity (Wildman–Crippen MR) is 115 cm³/mol. The van der Waals surface area contributed by atoms with Gasteiger partial charge in [-0.3, -0.25) is 4.79 Å². The molecule has 0 aliphatic carbocycles. The van der Waals surface area contributed by atoms with Crippen LogP contribution in [0.4, 0.5) is 5.69 Å². The van der Waals surface area contributed by atoms with Gasteiger partial charge in [0.2, 0.25) is 5.91 Å². The van der Waals surface area contributed by atoms with Crippen LogP contribution in [-0.4, -0.2) is 22.0 Å². The molecule has 1 atom stereocenters. The SMILES string of the molecule is Cc1ccc(C)c(N2C[C@@H](c3nc4ccccc4n3CCC(C)C)CC2=O)c1. The number of aromatic nitrogens is 2. The zero-order chi connectivity index (χ0) is 19.8. The molecule has 0 N–H and O–H groups in total. The molecule has 3 aromatic rings. The molecule has 4 rings (SSSR count). The Bertz CT molecular complexity index is 1020. The first kappa shape index (κ1) is 18.7. The second-order valence-electron chi connectivity index (χ2n) is 8.49. The fraction of sp³-hybridized carbons (Fsp3) is 0.417. The molecule has 2 aromatic carbocycles. The Morgan fingerprint density at radius 1 is 1.14 bits per heavy atom. The van der Waals surface area contributed by atoms with E-state index in [1.807, 2.05) is 11.0 Å². The predicted octanol–water partition coefficient (Wildman–Crippen LogP) is 5.22. The van der Waals surface area contributed by atoms with E-state index in [1.165, 1.54) is 11.1 Å². The summed E-state index contributed by atoms with van der Waals surface area (Å²) < 4.78 is 2.35. The van der Waals surface area contributed by atoms with Gasteiger partial charge >= 0.3 is 0 Å². The minimum atomic E-state index is 0.131. The van der Waals surface area contributed by atoms with Crippen LogP contribution in [0, 0.1) is 19.8 Å². The third-order valence-corrected chi connectivity index (χ3v) is 5.76. The number of hydrogen-bond donors (Lipinski definition) is 0. The fourth-order valence-corrected chi connectivity index (χ4v) is 4.15. The zero-order valence-electron chi connectivity index (χ0n) is 17.3. The van der Waals surface area contributed by atoms with Crippen molar-refractivity contribution in [3.05, 3.63) is 59.4 Å². The Kier molecular flexibility index (Phi) is 4.96. The highest BCUT2D eigenvalue weighted by Crippen LogP contribution is 2.35. The number of hydrogen-bond acceptors (Lipinski definition) is 2. The number of benzene rings is 2. The van der Waals surface area contributed by atoms with E-state index < -0.39 is 0 Å². The van der Waals surface area contributed by atoms with Crippen LogP contribution in [0.3, 0.4) is 0 Å². The van der Waals surface area contributed by atoms with Crippen molar-refractivity contribution >= 4 is 22.6 Å². The minimum Gasteiger partial charge on any atom is -0.328 e. The Morgan fingerprint density at radius 3 is 2.71 bits per heavy atom. The first-order valence-electron chi connectivity index (χ1n) is 10.3. The lowest BCUT2D eigenvalue weighted by atomic mass is 10.1. The van der Waals surface area contributed by atoms with E-state index in [-0.39, 0.29) is 11.8 Å². The maximum Gasteiger partial charge on any atom is 0.227 e. The summed E-state index contributed by atoms with van der Waals surface area (Å²) in [6.07, 6.45) is 1.63. The molecule has 1 fully saturated rings. The smallest absolute Gasteiger partial charge is 0.227 e. The van der Waals surface area contributed by atoms with Crippen LogP contribution >= 0.6 is 0 Å². The number of rotatable bonds is 5. The van der Waals surface area contributed by atoms with E-state index >= 15 is 0 Å². The molecular formula is C24H29N3O. The second kappa shape index (κ2) is 7.42. The van der Waals surface area contributed by atoms with Gasteiger partial charge in [-0.2, -0.15) is 0 Å². The molecule has 0 saturated carbocycles. The van der Waals surface area contributed by atoms with Crippen molar-refractivity contribution in [2.45, 2.75) is 53.0 Å². The summed E-state index contributed by atoms with van der Waals surface area (Å²) in [7, 11) is 0. The van der Waals surface area contributed by atoms with Crippen molar-refractivity contribution in [3.8, 4) is 0 Å². The molecule has 1 saturated heterocycles. The fourth-order valence-electron chi connectivity index (χ4n) is 4.15. The number of nitrogens with zero attached hydrogens (tertiary/aromatic N) is 3. The molecule has 28 heavy (non-hydrogen) atoms. The molecule has 4 nitrogen and oxygen atoms in total. The largest absolute Gasteiger partial charge is 0.328 e. The van der Waals surface area contributed by atoms with Gasteiger partial charge in [0.25, 0.3) is 0 Å². The first-order valence-corrected chi connectivity index (χ1v) is 10.3. The van der Waals surface area contributed by atoms with E-state index in [9.17, 15) is 4.79 Å². The van der Waals surface area contributed by atoms with Crippen LogP contribution in [0.1, 0.15) is 49.6 Å². The van der Waals surface area contributed by atoms with Crippen molar-refractivity contribution in [1.82, 2.24) is 9.55 Å². The summed E-state index contributed by atoms with van der Waals surface area (Å²) in [4.78, 5) is 19.8. The van der Waals surface area contributed by atoms with Crippen LogP contribution < -0.4 is 4.90 Å². The molecule has 1 aliphatic heterocycles. The molecular weight excluding hydrogens is 346 g/mol. The van der Waals surface area contributed by atoms with Crippen molar-refractivity contribution in [2.75, 3.05) is 11.4 Å². The van der Waals surface area contributed by atoms with Crippen molar-refractivity contribution in [2.24, 2.45) is 5.92 Å². The van der Waals surface area contributed by atoms with Crippen LogP contribution in [0.2, 0.25) is 0 Å². The van der Waals surface area contributed by atoms with Gasteiger partial charge in [0.05, 0.1) is 11.0 Å². The summed E-state index contributed by atoms with van der Waals surface area (Å²) >= 11 is 0. The van der Waals surface area contributed by atoms with Crippen molar-refractivity contribution in [3.63, 3.8) is 0 Å². The molecule has 0 bridgehead atoms. The van der Waals surface area contributed by atoms with Gasteiger partial charge in [-0.25, -0.2) is 4.98 Å². The monoisotopic (exact) mass is 375 g/mol. The molecule has 4 heteroatoms. The number of carbonyl (C=O) groups excluding carboxylic acids is 1. The van der Waals surface area contributed by atoms with Gasteiger partial charge in [-0.15, -0.1) is 0 Å². The summed E-state index contributed by atoms with van der Waals surface area (Å²) in [5.74, 6) is 2.02. The number of para-hydroxylation sites is 2.